The standard InChI is InChI=1S/C42H27NO2/c1-4-12-31-26(9-1)17-20-34-30-11-3-2-10-27(30)23-37(42(31)34)43(28-18-21-40-35(24-28)32-13-5-7-15-38(32)44-40)29-19-22-41-36(25-29)33-14-6-8-16-39(33)45-41/h1-5,7,9-25H,6,8H2. The molecule has 0 saturated heterocycles. The molecule has 0 amide bonds. The maximum absolute atomic E-state index is 6.30. The Hall–Kier alpha value is -5.80. The van der Waals surface area contributed by atoms with E-state index in [0.717, 1.165) is 68.2 Å². The molecule has 0 bridgehead atoms. The van der Waals surface area contributed by atoms with Crippen molar-refractivity contribution >= 4 is 94.4 Å². The van der Waals surface area contributed by atoms with Gasteiger partial charge in [-0.25, -0.2) is 0 Å². The van der Waals surface area contributed by atoms with Crippen molar-refractivity contribution in [1.82, 2.24) is 0 Å². The zero-order chi connectivity index (χ0) is 29.5. The summed E-state index contributed by atoms with van der Waals surface area (Å²) in [7, 11) is 0. The summed E-state index contributed by atoms with van der Waals surface area (Å²) >= 11 is 0. The number of para-hydroxylation sites is 1. The molecule has 0 saturated carbocycles. The smallest absolute Gasteiger partial charge is 0.135 e. The van der Waals surface area contributed by atoms with Crippen LogP contribution >= 0.6 is 0 Å². The molecule has 1 aliphatic carbocycles. The molecular formula is C42H27NO2. The number of nitrogens with zero attached hydrogens (tertiary/aromatic N) is 1. The van der Waals surface area contributed by atoms with Gasteiger partial charge in [0, 0.05) is 38.1 Å². The summed E-state index contributed by atoms with van der Waals surface area (Å²) in [5, 5.41) is 12.0. The highest BCUT2D eigenvalue weighted by molar-refractivity contribution is 6.24. The molecule has 0 aliphatic heterocycles. The summed E-state index contributed by atoms with van der Waals surface area (Å²) in [5.74, 6) is 0. The highest BCUT2D eigenvalue weighted by Crippen LogP contribution is 2.46. The van der Waals surface area contributed by atoms with Crippen LogP contribution in [0.5, 0.6) is 0 Å². The Morgan fingerprint density at radius 3 is 1.98 bits per heavy atom. The first-order valence-electron chi connectivity index (χ1n) is 15.6. The van der Waals surface area contributed by atoms with Crippen LogP contribution in [0.4, 0.5) is 17.1 Å². The minimum atomic E-state index is 0.887. The van der Waals surface area contributed by atoms with Gasteiger partial charge in [0.15, 0.2) is 0 Å². The normalized spacial score (nSPS) is 13.1. The Kier molecular flexibility index (Phi) is 5.11. The second kappa shape index (κ2) is 9.35. The Morgan fingerprint density at radius 2 is 1.11 bits per heavy atom. The van der Waals surface area contributed by atoms with E-state index in [0.29, 0.717) is 0 Å². The lowest BCUT2D eigenvalue weighted by Crippen LogP contribution is -2.22. The Morgan fingerprint density at radius 1 is 0.444 bits per heavy atom. The van der Waals surface area contributed by atoms with Crippen LogP contribution in [0.25, 0.3) is 77.4 Å². The number of fused-ring (bicyclic) bond motifs is 11. The maximum Gasteiger partial charge on any atom is 0.135 e. The first-order chi connectivity index (χ1) is 22.3. The third-order valence-electron chi connectivity index (χ3n) is 9.43. The molecule has 0 unspecified atom stereocenters. The van der Waals surface area contributed by atoms with E-state index in [1.165, 1.54) is 37.5 Å². The molecule has 45 heavy (non-hydrogen) atoms. The first kappa shape index (κ1) is 24.6. The van der Waals surface area contributed by atoms with Crippen LogP contribution in [-0.2, 0) is 0 Å². The summed E-state index contributed by atoms with van der Waals surface area (Å²) in [6, 6.07) is 45.8. The van der Waals surface area contributed by atoms with Gasteiger partial charge in [0.05, 0.1) is 5.69 Å². The molecule has 3 heteroatoms. The van der Waals surface area contributed by atoms with Crippen LogP contribution in [0.15, 0.2) is 136 Å². The molecule has 212 valence electrons. The molecule has 2 aromatic heterocycles. The lowest BCUT2D eigenvalue weighted by atomic mass is 9.94. The van der Waals surface area contributed by atoms with Crippen molar-refractivity contribution in [2.24, 2.45) is 0 Å². The van der Waals surface area contributed by atoms with Crippen molar-refractivity contribution in [2.75, 3.05) is 4.90 Å². The molecule has 0 N–H and O–H groups in total. The minimum Gasteiger partial charge on any atom is -0.456 e. The highest BCUT2D eigenvalue weighted by Gasteiger charge is 2.21. The lowest BCUT2D eigenvalue weighted by molar-refractivity contribution is 0.572. The van der Waals surface area contributed by atoms with Crippen molar-refractivity contribution in [1.29, 1.82) is 0 Å². The highest BCUT2D eigenvalue weighted by atomic mass is 16.3. The summed E-state index contributed by atoms with van der Waals surface area (Å²) in [5.41, 5.74) is 6.99. The molecule has 0 atom stereocenters. The second-order valence-electron chi connectivity index (χ2n) is 12.0. The Balaban J connectivity index is 1.35. The molecule has 0 fully saturated rings. The predicted molar refractivity (Wildman–Crippen MR) is 188 cm³/mol. The van der Waals surface area contributed by atoms with Crippen molar-refractivity contribution in [3.8, 4) is 0 Å². The summed E-state index contributed by atoms with van der Waals surface area (Å²) in [6.07, 6.45) is 6.58. The average Bonchev–Trinajstić information content (AvgIpc) is 3.66. The molecule has 3 nitrogen and oxygen atoms in total. The number of anilines is 3. The number of rotatable bonds is 3. The monoisotopic (exact) mass is 577 g/mol. The maximum atomic E-state index is 6.30. The molecule has 0 radical (unpaired) electrons. The molecule has 2 heterocycles. The lowest BCUT2D eigenvalue weighted by Gasteiger charge is -2.28. The van der Waals surface area contributed by atoms with E-state index in [9.17, 15) is 0 Å². The first-order valence-corrected chi connectivity index (χ1v) is 15.6. The molecule has 0 spiro atoms. The fourth-order valence-corrected chi connectivity index (χ4v) is 7.38. The molecule has 7 aromatic carbocycles. The summed E-state index contributed by atoms with van der Waals surface area (Å²) in [6.45, 7) is 0. The van der Waals surface area contributed by atoms with Crippen molar-refractivity contribution in [3.05, 3.63) is 138 Å². The van der Waals surface area contributed by atoms with Gasteiger partial charge in [-0.1, -0.05) is 84.9 Å². The fraction of sp³-hybridized carbons (Fsp3) is 0.0476. The molecule has 9 aromatic rings. The van der Waals surface area contributed by atoms with Gasteiger partial charge < -0.3 is 13.7 Å². The number of furan rings is 2. The second-order valence-corrected chi connectivity index (χ2v) is 12.0. The van der Waals surface area contributed by atoms with E-state index in [2.05, 4.69) is 132 Å². The van der Waals surface area contributed by atoms with Crippen LogP contribution < -0.4 is 15.5 Å². The van der Waals surface area contributed by atoms with Crippen LogP contribution in [0.3, 0.4) is 0 Å². The zero-order valence-electron chi connectivity index (χ0n) is 24.5. The van der Waals surface area contributed by atoms with Gasteiger partial charge in [-0.2, -0.15) is 0 Å². The molecule has 10 rings (SSSR count). The van der Waals surface area contributed by atoms with Crippen LogP contribution in [0.1, 0.15) is 12.8 Å². The summed E-state index contributed by atoms with van der Waals surface area (Å²) in [4.78, 5) is 2.42. The van der Waals surface area contributed by atoms with Gasteiger partial charge >= 0.3 is 0 Å². The van der Waals surface area contributed by atoms with Crippen LogP contribution in [-0.4, -0.2) is 0 Å². The van der Waals surface area contributed by atoms with Gasteiger partial charge in [0.25, 0.3) is 0 Å². The van der Waals surface area contributed by atoms with Gasteiger partial charge in [-0.3, -0.25) is 0 Å². The topological polar surface area (TPSA) is 29.5 Å². The van der Waals surface area contributed by atoms with E-state index in [1.54, 1.807) is 0 Å². The van der Waals surface area contributed by atoms with Crippen molar-refractivity contribution < 1.29 is 8.83 Å². The van der Waals surface area contributed by atoms with Crippen LogP contribution in [0.2, 0.25) is 0 Å². The van der Waals surface area contributed by atoms with Gasteiger partial charge in [-0.05, 0) is 94.4 Å². The fourth-order valence-electron chi connectivity index (χ4n) is 7.38. The number of hydrogen-bond acceptors (Lipinski definition) is 3. The summed E-state index contributed by atoms with van der Waals surface area (Å²) < 4.78 is 12.6. The zero-order valence-corrected chi connectivity index (χ0v) is 24.5. The molecule has 1 aliphatic rings. The Labute approximate surface area is 258 Å². The SMILES string of the molecule is C1=c2oc3ccc(N(c4ccc5oc6ccccc6c5c4)c4cc5ccccc5c5ccc6ccccc6c45)cc3c2=CCC1. The largest absolute Gasteiger partial charge is 0.456 e. The van der Waals surface area contributed by atoms with E-state index in [-0.39, 0.29) is 0 Å². The van der Waals surface area contributed by atoms with Gasteiger partial charge in [-0.15, -0.1) is 0 Å². The quantitative estimate of drug-likeness (QED) is 0.196. The minimum absolute atomic E-state index is 0.887. The van der Waals surface area contributed by atoms with Crippen molar-refractivity contribution in [2.45, 2.75) is 12.8 Å². The number of benzene rings is 7. The van der Waals surface area contributed by atoms with E-state index >= 15 is 0 Å². The third-order valence-corrected chi connectivity index (χ3v) is 9.43. The average molecular weight is 578 g/mol. The Bertz CT molecular complexity index is 2780. The van der Waals surface area contributed by atoms with E-state index in [4.69, 9.17) is 8.83 Å². The van der Waals surface area contributed by atoms with E-state index < -0.39 is 0 Å². The van der Waals surface area contributed by atoms with Crippen LogP contribution in [0, 0.1) is 0 Å². The van der Waals surface area contributed by atoms with Gasteiger partial charge in [0.2, 0.25) is 0 Å². The number of hydrogen-bond donors (Lipinski definition) is 0. The van der Waals surface area contributed by atoms with Gasteiger partial charge in [0.1, 0.15) is 22.2 Å². The third kappa shape index (κ3) is 3.64. The van der Waals surface area contributed by atoms with Crippen molar-refractivity contribution in [3.63, 3.8) is 0 Å². The molecular weight excluding hydrogens is 550 g/mol. The predicted octanol–water partition coefficient (Wildman–Crippen LogP) is 10.6. The van der Waals surface area contributed by atoms with E-state index in [1.807, 2.05) is 12.1 Å².